The van der Waals surface area contributed by atoms with Crippen LogP contribution in [0, 0.1) is 0 Å². The van der Waals surface area contributed by atoms with E-state index >= 15 is 0 Å². The highest BCUT2D eigenvalue weighted by atomic mass is 19.4. The van der Waals surface area contributed by atoms with Gasteiger partial charge in [0.05, 0.1) is 44.5 Å². The fourth-order valence-corrected chi connectivity index (χ4v) is 9.84. The Kier molecular flexibility index (Phi) is 15.0. The second kappa shape index (κ2) is 20.5. The first-order chi connectivity index (χ1) is 37.6. The number of alkyl halides is 24. The largest absolute Gasteiger partial charge is 0.416 e. The number of pyridine rings is 1. The standard InChI is InChI=1S/C32H12BF24.C23H16NO/c34-25(35,36)13-1-14(26(37,38)39)6-21(5-13)33(22-7-15(27(40,41)42)2-16(8-22)28(43,44)45,23-9-17(29(46,47)48)3-18(10-23)30(49,50)51)24-11-19(31(52,53)54)4-20(12-24)32(55,56)57;25-21(15-24-13-2-1-3-14-24)19-11-9-18-8-7-16-5-4-6-17-10-12-20(19)23(18)22(16)17/h1-12H;1-14H,15H2/q-1;+1. The third-order valence-electron chi connectivity index (χ3n) is 13.4. The van der Waals surface area contributed by atoms with Crippen LogP contribution in [-0.4, -0.2) is 11.9 Å². The van der Waals surface area contributed by atoms with Gasteiger partial charge in [-0.2, -0.15) is 132 Å². The fourth-order valence-electron chi connectivity index (χ4n) is 9.84. The van der Waals surface area contributed by atoms with Crippen LogP contribution in [0.5, 0.6) is 0 Å². The number of carbonyl (C=O) groups is 1. The Balaban J connectivity index is 0.000000288. The van der Waals surface area contributed by atoms with Gasteiger partial charge in [0.25, 0.3) is 0 Å². The lowest BCUT2D eigenvalue weighted by molar-refractivity contribution is -0.683. The molecule has 82 heavy (non-hydrogen) atoms. The number of hydrogen-bond acceptors (Lipinski definition) is 1. The maximum absolute atomic E-state index is 14.2. The number of carbonyl (C=O) groups excluding carboxylic acids is 1. The van der Waals surface area contributed by atoms with E-state index in [2.05, 4.69) is 48.5 Å². The lowest BCUT2D eigenvalue weighted by Gasteiger charge is -2.46. The Hall–Kier alpha value is -8.00. The van der Waals surface area contributed by atoms with Gasteiger partial charge in [-0.15, -0.1) is 0 Å². The van der Waals surface area contributed by atoms with Gasteiger partial charge in [-0.3, -0.25) is 4.79 Å². The van der Waals surface area contributed by atoms with Gasteiger partial charge in [0.15, 0.2) is 12.4 Å². The number of Topliss-reactive ketones (excluding diaryl/α,β-unsaturated/α-hetero) is 1. The van der Waals surface area contributed by atoms with Crippen LogP contribution in [0.1, 0.15) is 54.9 Å². The van der Waals surface area contributed by atoms with Gasteiger partial charge >= 0.3 is 49.4 Å². The molecule has 1 aromatic heterocycles. The van der Waals surface area contributed by atoms with Gasteiger partial charge in [0.1, 0.15) is 6.15 Å². The van der Waals surface area contributed by atoms with E-state index < -0.39 is 195 Å². The molecule has 0 bridgehead atoms. The molecule has 0 N–H and O–H groups in total. The van der Waals surface area contributed by atoms with Gasteiger partial charge in [-0.25, -0.2) is 0 Å². The van der Waals surface area contributed by atoms with Crippen molar-refractivity contribution in [1.82, 2.24) is 0 Å². The smallest absolute Gasteiger partial charge is 0.287 e. The minimum Gasteiger partial charge on any atom is -0.287 e. The number of aromatic nitrogens is 1. The van der Waals surface area contributed by atoms with E-state index in [1.807, 2.05) is 41.2 Å². The van der Waals surface area contributed by atoms with Crippen molar-refractivity contribution in [2.24, 2.45) is 0 Å². The Labute approximate surface area is 444 Å². The molecular weight excluding hydrogens is 1160 g/mol. The summed E-state index contributed by atoms with van der Waals surface area (Å²) in [5.41, 5.74) is -29.4. The van der Waals surface area contributed by atoms with Crippen molar-refractivity contribution in [2.75, 3.05) is 0 Å². The van der Waals surface area contributed by atoms with Crippen LogP contribution in [0.3, 0.4) is 0 Å². The zero-order valence-electron chi connectivity index (χ0n) is 40.2. The lowest BCUT2D eigenvalue weighted by atomic mass is 9.12. The third-order valence-corrected chi connectivity index (χ3v) is 13.4. The maximum atomic E-state index is 14.2. The van der Waals surface area contributed by atoms with Crippen LogP contribution in [0.4, 0.5) is 105 Å². The molecule has 0 amide bonds. The van der Waals surface area contributed by atoms with Crippen LogP contribution in [0.2, 0.25) is 0 Å². The zero-order chi connectivity index (χ0) is 60.7. The van der Waals surface area contributed by atoms with E-state index in [-0.39, 0.29) is 5.78 Å². The van der Waals surface area contributed by atoms with E-state index in [9.17, 15) is 110 Å². The van der Waals surface area contributed by atoms with Gasteiger partial charge in [0.2, 0.25) is 12.3 Å². The highest BCUT2D eigenvalue weighted by Gasteiger charge is 2.47. The second-order valence-electron chi connectivity index (χ2n) is 18.7. The third kappa shape index (κ3) is 12.1. The molecule has 9 rings (SSSR count). The second-order valence-corrected chi connectivity index (χ2v) is 18.7. The van der Waals surface area contributed by atoms with Crippen LogP contribution in [-0.2, 0) is 56.0 Å². The first-order valence-corrected chi connectivity index (χ1v) is 23.1. The molecule has 1 heterocycles. The lowest BCUT2D eigenvalue weighted by Crippen LogP contribution is -2.75. The molecule has 430 valence electrons. The van der Waals surface area contributed by atoms with E-state index in [1.54, 1.807) is 0 Å². The Bertz CT molecular complexity index is 3410. The van der Waals surface area contributed by atoms with Crippen LogP contribution >= 0.6 is 0 Å². The van der Waals surface area contributed by atoms with E-state index in [4.69, 9.17) is 0 Å². The molecule has 0 fully saturated rings. The van der Waals surface area contributed by atoms with Gasteiger partial charge in [0, 0.05) is 17.7 Å². The molecule has 2 nitrogen and oxygen atoms in total. The molecule has 0 aliphatic rings. The molecule has 0 radical (unpaired) electrons. The molecule has 0 unspecified atom stereocenters. The summed E-state index contributed by atoms with van der Waals surface area (Å²) >= 11 is 0. The number of benzene rings is 8. The topological polar surface area (TPSA) is 20.9 Å². The molecule has 0 aliphatic carbocycles. The minimum absolute atomic E-state index is 0.133. The summed E-state index contributed by atoms with van der Waals surface area (Å²) in [5.74, 6) is 0.133. The molecule has 0 saturated heterocycles. The van der Waals surface area contributed by atoms with Crippen LogP contribution in [0.15, 0.2) is 158 Å². The van der Waals surface area contributed by atoms with Crippen molar-refractivity contribution in [3.8, 4) is 0 Å². The van der Waals surface area contributed by atoms with Crippen molar-refractivity contribution in [2.45, 2.75) is 56.0 Å². The first-order valence-electron chi connectivity index (χ1n) is 23.1. The molecule has 27 heteroatoms. The van der Waals surface area contributed by atoms with E-state index in [0.29, 0.717) is 6.54 Å². The maximum Gasteiger partial charge on any atom is 0.416 e. The summed E-state index contributed by atoms with van der Waals surface area (Å²) in [7, 11) is 0. The summed E-state index contributed by atoms with van der Waals surface area (Å²) in [6, 6.07) is 15.9. The van der Waals surface area contributed by atoms with Crippen molar-refractivity contribution < 1.29 is 115 Å². The highest BCUT2D eigenvalue weighted by molar-refractivity contribution is 7.20. The molecule has 0 saturated carbocycles. The van der Waals surface area contributed by atoms with Gasteiger partial charge < -0.3 is 0 Å². The summed E-state index contributed by atoms with van der Waals surface area (Å²) in [4.78, 5) is 12.9. The number of ketones is 1. The van der Waals surface area contributed by atoms with Crippen molar-refractivity contribution in [3.63, 3.8) is 0 Å². The van der Waals surface area contributed by atoms with Crippen LogP contribution < -0.4 is 26.4 Å². The zero-order valence-corrected chi connectivity index (χ0v) is 40.2. The quantitative estimate of drug-likeness (QED) is 0.0512. The number of halogens is 24. The van der Waals surface area contributed by atoms with Crippen molar-refractivity contribution >= 4 is 66.1 Å². The summed E-state index contributed by atoms with van der Waals surface area (Å²) in [6.45, 7) is 0.352. The molecule has 0 atom stereocenters. The molecule has 9 aromatic rings. The van der Waals surface area contributed by atoms with E-state index in [0.717, 1.165) is 10.9 Å². The summed E-state index contributed by atoms with van der Waals surface area (Å²) < 4.78 is 343. The van der Waals surface area contributed by atoms with Crippen molar-refractivity contribution in [1.29, 1.82) is 0 Å². The van der Waals surface area contributed by atoms with Crippen molar-refractivity contribution in [3.05, 3.63) is 208 Å². The highest BCUT2D eigenvalue weighted by Crippen LogP contribution is 2.42. The molecule has 8 aromatic carbocycles. The van der Waals surface area contributed by atoms with Gasteiger partial charge in [-0.1, -0.05) is 103 Å². The Morgan fingerprint density at radius 1 is 0.317 bits per heavy atom. The summed E-state index contributed by atoms with van der Waals surface area (Å²) in [5, 5.41) is 7.11. The monoisotopic (exact) mass is 1190 g/mol. The fraction of sp³-hybridized carbons (Fsp3) is 0.164. The SMILES string of the molecule is FC(F)(F)c1cc([B-](c2cc(C(F)(F)F)cc(C(F)(F)F)c2)(c2cc(C(F)(F)F)cc(C(F)(F)F)c2)c2cc(C(F)(F)F)cc(C(F)(F)F)c2)cc(C(F)(F)F)c1.O=C(C[n+]1ccccc1)c1ccc2ccc3cccc4ccc1c2c34. The minimum atomic E-state index is -6.13. The number of rotatable bonds is 7. The first kappa shape index (κ1) is 60.1. The normalized spacial score (nSPS) is 13.5. The predicted molar refractivity (Wildman–Crippen MR) is 251 cm³/mol. The number of hydrogen-bond donors (Lipinski definition) is 0. The molecule has 0 spiro atoms. The molecule has 0 aliphatic heterocycles. The predicted octanol–water partition coefficient (Wildman–Crippen LogP) is 16.0. The Morgan fingerprint density at radius 3 is 0.878 bits per heavy atom. The average Bonchev–Trinajstić information content (AvgIpc) is 0.954. The Morgan fingerprint density at radius 2 is 0.585 bits per heavy atom. The molecular formula is C55H28BF24NO. The van der Waals surface area contributed by atoms with Crippen LogP contribution in [0.25, 0.3) is 32.3 Å². The van der Waals surface area contributed by atoms with E-state index in [1.165, 1.54) is 26.9 Å². The summed E-state index contributed by atoms with van der Waals surface area (Å²) in [6.07, 6.45) is -51.0. The number of nitrogens with zero attached hydrogens (tertiary/aromatic N) is 1. The average molecular weight is 1190 g/mol. The van der Waals surface area contributed by atoms with Gasteiger partial charge in [-0.05, 0) is 62.6 Å².